The lowest BCUT2D eigenvalue weighted by molar-refractivity contribution is -0.678. The highest BCUT2D eigenvalue weighted by atomic mass is 15.3. The van der Waals surface area contributed by atoms with E-state index in [-0.39, 0.29) is 0 Å². The summed E-state index contributed by atoms with van der Waals surface area (Å²) >= 11 is 0. The van der Waals surface area contributed by atoms with Crippen LogP contribution in [0, 0.1) is 0 Å². The van der Waals surface area contributed by atoms with Crippen LogP contribution >= 0.6 is 0 Å². The molecule has 15 heavy (non-hydrogen) atoms. The van der Waals surface area contributed by atoms with Crippen LogP contribution in [0.2, 0.25) is 0 Å². The first kappa shape index (κ1) is 9.59. The van der Waals surface area contributed by atoms with Crippen LogP contribution in [0.5, 0.6) is 0 Å². The normalized spacial score (nSPS) is 11.4. The lowest BCUT2D eigenvalue weighted by Crippen LogP contribution is -2.27. The van der Waals surface area contributed by atoms with Gasteiger partial charge in [0.05, 0.1) is 0 Å². The van der Waals surface area contributed by atoms with E-state index in [1.54, 1.807) is 0 Å². The van der Waals surface area contributed by atoms with Crippen LogP contribution in [0.25, 0.3) is 0 Å². The lowest BCUT2D eigenvalue weighted by atomic mass is 10.1. The van der Waals surface area contributed by atoms with Crippen LogP contribution in [-0.2, 0) is 0 Å². The molecule has 0 saturated carbocycles. The van der Waals surface area contributed by atoms with Gasteiger partial charge in [0.2, 0.25) is 12.4 Å². The Bertz CT molecular complexity index is 446. The van der Waals surface area contributed by atoms with Crippen molar-refractivity contribution >= 4 is 5.71 Å². The molecular formula is C13H13N2+. The van der Waals surface area contributed by atoms with E-state index >= 15 is 0 Å². The molecule has 2 aromatic rings. The zero-order chi connectivity index (χ0) is 10.5. The van der Waals surface area contributed by atoms with E-state index in [1.165, 1.54) is 0 Å². The van der Waals surface area contributed by atoms with E-state index in [0.717, 1.165) is 11.3 Å². The van der Waals surface area contributed by atoms with Crippen LogP contribution in [0.1, 0.15) is 12.5 Å². The maximum atomic E-state index is 4.46. The van der Waals surface area contributed by atoms with Gasteiger partial charge in [-0.15, -0.1) is 0 Å². The zero-order valence-electron chi connectivity index (χ0n) is 8.67. The number of aromatic nitrogens is 1. The second kappa shape index (κ2) is 4.51. The van der Waals surface area contributed by atoms with E-state index in [0.29, 0.717) is 0 Å². The topological polar surface area (TPSA) is 16.2 Å². The zero-order valence-corrected chi connectivity index (χ0v) is 8.67. The number of benzene rings is 1. The van der Waals surface area contributed by atoms with Gasteiger partial charge in [0, 0.05) is 22.8 Å². The molecular weight excluding hydrogens is 184 g/mol. The van der Waals surface area contributed by atoms with Gasteiger partial charge < -0.3 is 0 Å². The first-order valence-electron chi connectivity index (χ1n) is 4.93. The summed E-state index contributed by atoms with van der Waals surface area (Å²) in [6, 6.07) is 16.1. The highest BCUT2D eigenvalue weighted by Crippen LogP contribution is 1.99. The predicted octanol–water partition coefficient (Wildman–Crippen LogP) is 2.25. The highest BCUT2D eigenvalue weighted by Gasteiger charge is 2.00. The van der Waals surface area contributed by atoms with Crippen molar-refractivity contribution in [3.05, 3.63) is 66.5 Å². The average Bonchev–Trinajstić information content (AvgIpc) is 2.31. The van der Waals surface area contributed by atoms with Crippen molar-refractivity contribution in [3.8, 4) is 0 Å². The van der Waals surface area contributed by atoms with Crippen molar-refractivity contribution in [1.29, 1.82) is 0 Å². The fraction of sp³-hybridized carbons (Fsp3) is 0.0769. The molecule has 2 heteroatoms. The Kier molecular flexibility index (Phi) is 2.88. The van der Waals surface area contributed by atoms with Gasteiger partial charge >= 0.3 is 0 Å². The van der Waals surface area contributed by atoms with Gasteiger partial charge in [0.25, 0.3) is 0 Å². The monoisotopic (exact) mass is 197 g/mol. The van der Waals surface area contributed by atoms with Crippen molar-refractivity contribution in [2.24, 2.45) is 5.10 Å². The molecule has 0 fully saturated rings. The number of nitrogens with zero attached hydrogens (tertiary/aromatic N) is 2. The van der Waals surface area contributed by atoms with Crippen molar-refractivity contribution < 1.29 is 4.68 Å². The quantitative estimate of drug-likeness (QED) is 0.518. The molecule has 0 N–H and O–H groups in total. The van der Waals surface area contributed by atoms with Crippen LogP contribution in [0.3, 0.4) is 0 Å². The number of rotatable bonds is 2. The second-order valence-electron chi connectivity index (χ2n) is 3.31. The maximum absolute atomic E-state index is 4.46. The molecule has 0 aliphatic rings. The molecule has 1 aromatic carbocycles. The van der Waals surface area contributed by atoms with E-state index in [1.807, 2.05) is 60.4 Å². The van der Waals surface area contributed by atoms with Crippen molar-refractivity contribution in [2.75, 3.05) is 0 Å². The van der Waals surface area contributed by atoms with Crippen LogP contribution < -0.4 is 4.68 Å². The minimum atomic E-state index is 1.01. The fourth-order valence-corrected chi connectivity index (χ4v) is 1.37. The van der Waals surface area contributed by atoms with Crippen LogP contribution in [0.4, 0.5) is 0 Å². The van der Waals surface area contributed by atoms with E-state index in [4.69, 9.17) is 0 Å². The summed E-state index contributed by atoms with van der Waals surface area (Å²) in [7, 11) is 0. The third-order valence-corrected chi connectivity index (χ3v) is 2.16. The third-order valence-electron chi connectivity index (χ3n) is 2.16. The molecule has 1 aromatic heterocycles. The summed E-state index contributed by atoms with van der Waals surface area (Å²) in [6.45, 7) is 2.01. The number of hydrogen-bond donors (Lipinski definition) is 0. The largest absolute Gasteiger partial charge is 0.202 e. The van der Waals surface area contributed by atoms with Gasteiger partial charge in [-0.1, -0.05) is 41.1 Å². The van der Waals surface area contributed by atoms with Crippen molar-refractivity contribution in [1.82, 2.24) is 0 Å². The Morgan fingerprint density at radius 1 is 0.933 bits per heavy atom. The summed E-state index contributed by atoms with van der Waals surface area (Å²) in [6.07, 6.45) is 3.85. The van der Waals surface area contributed by atoms with E-state index in [2.05, 4.69) is 17.2 Å². The molecule has 1 heterocycles. The minimum Gasteiger partial charge on any atom is -0.0622 e. The Labute approximate surface area is 89.5 Å². The van der Waals surface area contributed by atoms with E-state index < -0.39 is 0 Å². The molecule has 0 unspecified atom stereocenters. The minimum absolute atomic E-state index is 1.01. The van der Waals surface area contributed by atoms with Gasteiger partial charge in [-0.2, -0.15) is 0 Å². The fourth-order valence-electron chi connectivity index (χ4n) is 1.37. The molecule has 0 aliphatic heterocycles. The molecule has 74 valence electrons. The standard InChI is InChI=1S/C13H13N2/c1-12(13-8-4-2-5-9-13)14-15-10-6-3-7-11-15/h2-11H,1H3/q+1/b14-12-. The number of hydrogen-bond acceptors (Lipinski definition) is 1. The average molecular weight is 197 g/mol. The van der Waals surface area contributed by atoms with Gasteiger partial charge in [-0.3, -0.25) is 0 Å². The van der Waals surface area contributed by atoms with Crippen LogP contribution in [-0.4, -0.2) is 5.71 Å². The Balaban J connectivity index is 2.29. The van der Waals surface area contributed by atoms with Gasteiger partial charge in [0.15, 0.2) is 0 Å². The summed E-state index contributed by atoms with van der Waals surface area (Å²) in [4.78, 5) is 0. The SMILES string of the molecule is C/C(=N/[n+]1ccccc1)c1ccccc1. The number of pyridine rings is 1. The summed E-state index contributed by atoms with van der Waals surface area (Å²) < 4.78 is 1.81. The molecule has 0 radical (unpaired) electrons. The molecule has 0 amide bonds. The first-order chi connectivity index (χ1) is 7.36. The molecule has 0 spiro atoms. The Morgan fingerprint density at radius 2 is 1.53 bits per heavy atom. The smallest absolute Gasteiger partial charge is 0.0622 e. The maximum Gasteiger partial charge on any atom is 0.202 e. The van der Waals surface area contributed by atoms with Crippen molar-refractivity contribution in [2.45, 2.75) is 6.92 Å². The van der Waals surface area contributed by atoms with Gasteiger partial charge in [-0.05, 0) is 6.92 Å². The van der Waals surface area contributed by atoms with Crippen LogP contribution in [0.15, 0.2) is 66.0 Å². The molecule has 2 rings (SSSR count). The molecule has 0 atom stereocenters. The molecule has 0 bridgehead atoms. The summed E-state index contributed by atoms with van der Waals surface area (Å²) in [5, 5.41) is 4.46. The summed E-state index contributed by atoms with van der Waals surface area (Å²) in [5.41, 5.74) is 2.15. The predicted molar refractivity (Wildman–Crippen MR) is 60.7 cm³/mol. The first-order valence-corrected chi connectivity index (χ1v) is 4.93. The third kappa shape index (κ3) is 2.50. The second-order valence-corrected chi connectivity index (χ2v) is 3.31. The molecule has 2 nitrogen and oxygen atoms in total. The Hall–Kier alpha value is -1.96. The Morgan fingerprint density at radius 3 is 2.20 bits per heavy atom. The highest BCUT2D eigenvalue weighted by molar-refractivity contribution is 5.98. The van der Waals surface area contributed by atoms with E-state index in [9.17, 15) is 0 Å². The van der Waals surface area contributed by atoms with Gasteiger partial charge in [0.1, 0.15) is 5.71 Å². The molecule has 0 saturated heterocycles. The molecule has 0 aliphatic carbocycles. The lowest BCUT2D eigenvalue weighted by Gasteiger charge is -1.95. The summed E-state index contributed by atoms with van der Waals surface area (Å²) in [5.74, 6) is 0. The van der Waals surface area contributed by atoms with Gasteiger partial charge in [-0.25, -0.2) is 0 Å². The van der Waals surface area contributed by atoms with Crippen molar-refractivity contribution in [3.63, 3.8) is 0 Å².